The lowest BCUT2D eigenvalue weighted by atomic mass is 9.82. The molecule has 5 nitrogen and oxygen atoms in total. The molecule has 0 fully saturated rings. The Kier molecular flexibility index (Phi) is 3.99. The average Bonchev–Trinajstić information content (AvgIpc) is 2.66. The highest BCUT2D eigenvalue weighted by Crippen LogP contribution is 2.46. The van der Waals surface area contributed by atoms with Crippen LogP contribution in [0.15, 0.2) is 42.6 Å². The molecule has 0 saturated carbocycles. The monoisotopic (exact) mass is 348 g/mol. The van der Waals surface area contributed by atoms with Gasteiger partial charge in [0, 0.05) is 41.6 Å². The quantitative estimate of drug-likeness (QED) is 0.776. The van der Waals surface area contributed by atoms with E-state index in [4.69, 9.17) is 9.47 Å². The first-order chi connectivity index (χ1) is 12.6. The van der Waals surface area contributed by atoms with E-state index in [1.807, 2.05) is 25.1 Å². The predicted molar refractivity (Wildman–Crippen MR) is 101 cm³/mol. The number of nitrogens with one attached hydrogen (secondary N) is 1. The number of pyridine rings is 1. The highest BCUT2D eigenvalue weighted by Gasteiger charge is 2.31. The average molecular weight is 348 g/mol. The molecule has 1 aromatic heterocycles. The third kappa shape index (κ3) is 2.56. The lowest BCUT2D eigenvalue weighted by molar-refractivity contribution is -0.116. The summed E-state index contributed by atoms with van der Waals surface area (Å²) >= 11 is 0. The Labute approximate surface area is 152 Å². The van der Waals surface area contributed by atoms with Gasteiger partial charge in [0.2, 0.25) is 5.91 Å². The van der Waals surface area contributed by atoms with Gasteiger partial charge in [-0.25, -0.2) is 0 Å². The van der Waals surface area contributed by atoms with Crippen LogP contribution < -0.4 is 14.8 Å². The molecule has 0 bridgehead atoms. The number of methoxy groups -OCH3 is 2. The molecule has 0 saturated heterocycles. The van der Waals surface area contributed by atoms with Crippen LogP contribution in [-0.4, -0.2) is 25.1 Å². The number of carbonyl (C=O) groups excluding carboxylic acids is 1. The summed E-state index contributed by atoms with van der Waals surface area (Å²) in [5.74, 6) is 1.24. The van der Waals surface area contributed by atoms with Crippen LogP contribution in [-0.2, 0) is 4.79 Å². The lowest BCUT2D eigenvalue weighted by Crippen LogP contribution is -2.24. The standard InChI is InChI=1S/C21H20N2O3/c1-12-6-7-14(15-5-4-8-22-21(12)15)16-11-19(24)23-17-9-13(25-2)10-18(26-3)20(16)17/h4-10,16H,11H2,1-3H3,(H,23,24)/t16-/m1/s1. The zero-order valence-corrected chi connectivity index (χ0v) is 15.0. The number of aryl methyl sites for hydroxylation is 1. The first-order valence-corrected chi connectivity index (χ1v) is 8.52. The van der Waals surface area contributed by atoms with E-state index in [1.54, 1.807) is 20.4 Å². The summed E-state index contributed by atoms with van der Waals surface area (Å²) in [6.45, 7) is 2.05. The number of aromatic nitrogens is 1. The van der Waals surface area contributed by atoms with Gasteiger partial charge in [-0.3, -0.25) is 9.78 Å². The largest absolute Gasteiger partial charge is 0.497 e. The van der Waals surface area contributed by atoms with Gasteiger partial charge in [0.05, 0.1) is 25.4 Å². The third-order valence-electron chi connectivity index (χ3n) is 4.96. The van der Waals surface area contributed by atoms with Crippen LogP contribution in [0.4, 0.5) is 5.69 Å². The summed E-state index contributed by atoms with van der Waals surface area (Å²) in [7, 11) is 3.24. The van der Waals surface area contributed by atoms with Gasteiger partial charge in [0.1, 0.15) is 11.5 Å². The Morgan fingerprint density at radius 1 is 1.15 bits per heavy atom. The van der Waals surface area contributed by atoms with Crippen LogP contribution in [0.5, 0.6) is 11.5 Å². The molecule has 4 rings (SSSR count). The maximum Gasteiger partial charge on any atom is 0.225 e. The van der Waals surface area contributed by atoms with Crippen molar-refractivity contribution in [3.05, 3.63) is 59.3 Å². The van der Waals surface area contributed by atoms with Crippen LogP contribution in [0.2, 0.25) is 0 Å². The summed E-state index contributed by atoms with van der Waals surface area (Å²) in [5, 5.41) is 4.02. The van der Waals surface area contributed by atoms with Crippen molar-refractivity contribution in [2.24, 2.45) is 0 Å². The van der Waals surface area contributed by atoms with Crippen molar-refractivity contribution in [3.63, 3.8) is 0 Å². The van der Waals surface area contributed by atoms with Gasteiger partial charge in [0.25, 0.3) is 0 Å². The number of amides is 1. The fourth-order valence-electron chi connectivity index (χ4n) is 3.74. The molecule has 2 heterocycles. The molecule has 1 aliphatic heterocycles. The second-order valence-corrected chi connectivity index (χ2v) is 6.47. The van der Waals surface area contributed by atoms with Crippen molar-refractivity contribution in [2.45, 2.75) is 19.3 Å². The van der Waals surface area contributed by atoms with Crippen LogP contribution in [0.25, 0.3) is 10.9 Å². The fraction of sp³-hybridized carbons (Fsp3) is 0.238. The summed E-state index contributed by atoms with van der Waals surface area (Å²) < 4.78 is 11.0. The Hall–Kier alpha value is -3.08. The number of hydrogen-bond acceptors (Lipinski definition) is 4. The number of benzene rings is 2. The number of nitrogens with zero attached hydrogens (tertiary/aromatic N) is 1. The number of anilines is 1. The molecule has 0 unspecified atom stereocenters. The lowest BCUT2D eigenvalue weighted by Gasteiger charge is -2.29. The zero-order chi connectivity index (χ0) is 18.3. The topological polar surface area (TPSA) is 60.5 Å². The summed E-state index contributed by atoms with van der Waals surface area (Å²) in [5.41, 5.74) is 4.87. The molecule has 3 aromatic rings. The van der Waals surface area contributed by atoms with Crippen LogP contribution >= 0.6 is 0 Å². The van der Waals surface area contributed by atoms with E-state index in [-0.39, 0.29) is 11.8 Å². The predicted octanol–water partition coefficient (Wildman–Crippen LogP) is 4.03. The maximum atomic E-state index is 12.4. The van der Waals surface area contributed by atoms with Crippen molar-refractivity contribution in [1.82, 2.24) is 4.98 Å². The van der Waals surface area contributed by atoms with E-state index in [9.17, 15) is 4.79 Å². The molecule has 0 aliphatic carbocycles. The van der Waals surface area contributed by atoms with Crippen molar-refractivity contribution in [1.29, 1.82) is 0 Å². The maximum absolute atomic E-state index is 12.4. The Balaban J connectivity index is 1.98. The molecule has 1 amide bonds. The van der Waals surface area contributed by atoms with Gasteiger partial charge in [0.15, 0.2) is 0 Å². The van der Waals surface area contributed by atoms with Crippen molar-refractivity contribution in [2.75, 3.05) is 19.5 Å². The molecular weight excluding hydrogens is 328 g/mol. The van der Waals surface area contributed by atoms with Crippen LogP contribution in [0, 0.1) is 6.92 Å². The van der Waals surface area contributed by atoms with E-state index < -0.39 is 0 Å². The van der Waals surface area contributed by atoms with Gasteiger partial charge >= 0.3 is 0 Å². The Morgan fingerprint density at radius 3 is 2.77 bits per heavy atom. The summed E-state index contributed by atoms with van der Waals surface area (Å²) in [6, 6.07) is 11.9. The number of carbonyl (C=O) groups is 1. The molecular formula is C21H20N2O3. The number of hydrogen-bond donors (Lipinski definition) is 1. The third-order valence-corrected chi connectivity index (χ3v) is 4.96. The Bertz CT molecular complexity index is 1010. The van der Waals surface area contributed by atoms with Crippen LogP contribution in [0.1, 0.15) is 29.0 Å². The minimum atomic E-state index is -0.105. The van der Waals surface area contributed by atoms with Gasteiger partial charge in [-0.15, -0.1) is 0 Å². The van der Waals surface area contributed by atoms with Gasteiger partial charge in [-0.05, 0) is 24.1 Å². The minimum absolute atomic E-state index is 0.0181. The van der Waals surface area contributed by atoms with E-state index in [0.29, 0.717) is 17.9 Å². The van der Waals surface area contributed by atoms with Gasteiger partial charge in [-0.2, -0.15) is 0 Å². The van der Waals surface area contributed by atoms with Gasteiger partial charge < -0.3 is 14.8 Å². The van der Waals surface area contributed by atoms with Crippen molar-refractivity contribution in [3.8, 4) is 11.5 Å². The van der Waals surface area contributed by atoms with Crippen LogP contribution in [0.3, 0.4) is 0 Å². The normalized spacial score (nSPS) is 16.1. The molecule has 132 valence electrons. The molecule has 1 aliphatic rings. The van der Waals surface area contributed by atoms with E-state index in [1.165, 1.54) is 0 Å². The first-order valence-electron chi connectivity index (χ1n) is 8.52. The van der Waals surface area contributed by atoms with Gasteiger partial charge in [-0.1, -0.05) is 18.2 Å². The van der Waals surface area contributed by atoms with Crippen molar-refractivity contribution >= 4 is 22.5 Å². The smallest absolute Gasteiger partial charge is 0.225 e. The highest BCUT2D eigenvalue weighted by molar-refractivity contribution is 5.98. The first kappa shape index (κ1) is 16.4. The Morgan fingerprint density at radius 2 is 2.00 bits per heavy atom. The SMILES string of the molecule is COc1cc2c(c(OC)c1)[C@@H](c1ccc(C)c3ncccc13)CC(=O)N2. The van der Waals surface area contributed by atoms with E-state index >= 15 is 0 Å². The summed E-state index contributed by atoms with van der Waals surface area (Å²) in [4.78, 5) is 16.9. The number of rotatable bonds is 3. The summed E-state index contributed by atoms with van der Waals surface area (Å²) in [6.07, 6.45) is 2.16. The van der Waals surface area contributed by atoms with E-state index in [0.717, 1.165) is 33.3 Å². The molecule has 2 aromatic carbocycles. The zero-order valence-electron chi connectivity index (χ0n) is 15.0. The molecule has 5 heteroatoms. The van der Waals surface area contributed by atoms with E-state index in [2.05, 4.69) is 28.5 Å². The molecule has 0 radical (unpaired) electrons. The minimum Gasteiger partial charge on any atom is -0.497 e. The number of fused-ring (bicyclic) bond motifs is 2. The fourth-order valence-corrected chi connectivity index (χ4v) is 3.74. The molecule has 1 N–H and O–H groups in total. The number of ether oxygens (including phenoxy) is 2. The highest BCUT2D eigenvalue weighted by atomic mass is 16.5. The molecule has 0 spiro atoms. The second-order valence-electron chi connectivity index (χ2n) is 6.47. The van der Waals surface area contributed by atoms with Crippen molar-refractivity contribution < 1.29 is 14.3 Å². The molecule has 26 heavy (non-hydrogen) atoms. The second kappa shape index (κ2) is 6.33. The molecule has 1 atom stereocenters.